The normalized spacial score (nSPS) is 13.6. The number of nitrogens with zero attached hydrogens (tertiary/aromatic N) is 3. The highest BCUT2D eigenvalue weighted by atomic mass is 16.6. The number of carbonyl (C=O) groups excluding carboxylic acids is 2. The number of Topliss-reactive ketones (excluding diaryl/α,β-unsaturated/α-hetero) is 1. The summed E-state index contributed by atoms with van der Waals surface area (Å²) in [5.74, 6) is -1.02. The summed E-state index contributed by atoms with van der Waals surface area (Å²) in [6, 6.07) is 5.99. The summed E-state index contributed by atoms with van der Waals surface area (Å²) in [5, 5.41) is 23.3. The lowest BCUT2D eigenvalue weighted by atomic mass is 10.1. The van der Waals surface area contributed by atoms with Crippen molar-refractivity contribution in [2.24, 2.45) is 0 Å². The van der Waals surface area contributed by atoms with Crippen molar-refractivity contribution >= 4 is 28.9 Å². The lowest BCUT2D eigenvalue weighted by Gasteiger charge is -2.28. The molecule has 0 bridgehead atoms. The van der Waals surface area contributed by atoms with Gasteiger partial charge < -0.3 is 14.1 Å². The number of hydrogen-bond acceptors (Lipinski definition) is 8. The molecular weight excluding hydrogens is 380 g/mol. The minimum Gasteiger partial charge on any atom is -0.443 e. The zero-order valence-electron chi connectivity index (χ0n) is 15.9. The number of ketones is 1. The van der Waals surface area contributed by atoms with Crippen LogP contribution in [-0.4, -0.2) is 42.9 Å². The van der Waals surface area contributed by atoms with E-state index in [4.69, 9.17) is 9.15 Å². The molecule has 10 nitrogen and oxygen atoms in total. The highest BCUT2D eigenvalue weighted by molar-refractivity contribution is 6.06. The summed E-state index contributed by atoms with van der Waals surface area (Å²) in [5.41, 5.74) is 0.232. The number of rotatable bonds is 5. The fourth-order valence-corrected chi connectivity index (χ4v) is 3.22. The van der Waals surface area contributed by atoms with Gasteiger partial charge in [-0.05, 0) is 26.0 Å². The van der Waals surface area contributed by atoms with Crippen LogP contribution in [0, 0.1) is 28.4 Å². The molecule has 0 aliphatic carbocycles. The van der Waals surface area contributed by atoms with Gasteiger partial charge in [0.1, 0.15) is 23.1 Å². The number of nitro benzene ring substituents is 1. The topological polar surface area (TPSA) is 139 Å². The second kappa shape index (κ2) is 8.12. The molecule has 1 aliphatic rings. The predicted molar refractivity (Wildman–Crippen MR) is 102 cm³/mol. The van der Waals surface area contributed by atoms with Crippen LogP contribution in [0.5, 0.6) is 0 Å². The Labute approximate surface area is 165 Å². The third-order valence-electron chi connectivity index (χ3n) is 4.56. The molecule has 1 fully saturated rings. The SMILES string of the molecule is CC(=O)c1c(C)oc(NC(=O)c2ccc(N3CCOCC3)c([N+](=O)[O-])c2)c1C#N. The van der Waals surface area contributed by atoms with Gasteiger partial charge in [0.25, 0.3) is 11.6 Å². The molecule has 0 saturated carbocycles. The molecule has 0 spiro atoms. The number of amides is 1. The zero-order valence-corrected chi connectivity index (χ0v) is 15.9. The van der Waals surface area contributed by atoms with Gasteiger partial charge in [-0.1, -0.05) is 0 Å². The van der Waals surface area contributed by atoms with Crippen molar-refractivity contribution in [3.8, 4) is 6.07 Å². The van der Waals surface area contributed by atoms with E-state index >= 15 is 0 Å². The Kier molecular flexibility index (Phi) is 5.61. The maximum atomic E-state index is 12.6. The fraction of sp³-hybridized carbons (Fsp3) is 0.316. The Morgan fingerprint density at radius 2 is 2.00 bits per heavy atom. The Hall–Kier alpha value is -3.71. The van der Waals surface area contributed by atoms with Gasteiger partial charge >= 0.3 is 0 Å². The minimum absolute atomic E-state index is 0.0241. The van der Waals surface area contributed by atoms with Crippen LogP contribution in [0.4, 0.5) is 17.3 Å². The highest BCUT2D eigenvalue weighted by Crippen LogP contribution is 2.31. The second-order valence-corrected chi connectivity index (χ2v) is 6.42. The number of anilines is 2. The van der Waals surface area contributed by atoms with E-state index in [-0.39, 0.29) is 39.8 Å². The van der Waals surface area contributed by atoms with Crippen molar-refractivity contribution in [1.82, 2.24) is 0 Å². The largest absolute Gasteiger partial charge is 0.443 e. The van der Waals surface area contributed by atoms with Crippen LogP contribution in [0.2, 0.25) is 0 Å². The van der Waals surface area contributed by atoms with E-state index in [0.29, 0.717) is 32.0 Å². The van der Waals surface area contributed by atoms with Gasteiger partial charge in [0.15, 0.2) is 5.78 Å². The Balaban J connectivity index is 1.91. The highest BCUT2D eigenvalue weighted by Gasteiger charge is 2.26. The van der Waals surface area contributed by atoms with E-state index in [9.17, 15) is 25.0 Å². The molecule has 2 heterocycles. The minimum atomic E-state index is -0.693. The first-order valence-electron chi connectivity index (χ1n) is 8.80. The lowest BCUT2D eigenvalue weighted by Crippen LogP contribution is -2.36. The molecule has 0 atom stereocenters. The van der Waals surface area contributed by atoms with Gasteiger partial charge in [-0.15, -0.1) is 0 Å². The second-order valence-electron chi connectivity index (χ2n) is 6.42. The van der Waals surface area contributed by atoms with E-state index < -0.39 is 10.8 Å². The zero-order chi connectivity index (χ0) is 21.1. The maximum absolute atomic E-state index is 12.6. The van der Waals surface area contributed by atoms with Crippen LogP contribution in [0.1, 0.15) is 39.0 Å². The standard InChI is InChI=1S/C19H18N4O6/c1-11(24)17-12(2)29-19(14(17)10-20)21-18(25)13-3-4-15(16(9-13)23(26)27)22-5-7-28-8-6-22/h3-4,9H,5-8H2,1-2H3,(H,21,25). The smallest absolute Gasteiger partial charge is 0.293 e. The lowest BCUT2D eigenvalue weighted by molar-refractivity contribution is -0.384. The number of ether oxygens (including phenoxy) is 1. The van der Waals surface area contributed by atoms with Gasteiger partial charge in [0, 0.05) is 24.7 Å². The number of aryl methyl sites for hydroxylation is 1. The van der Waals surface area contributed by atoms with Crippen molar-refractivity contribution in [3.05, 3.63) is 50.8 Å². The number of carbonyl (C=O) groups is 2. The molecule has 2 aromatic rings. The Morgan fingerprint density at radius 3 is 2.59 bits per heavy atom. The quantitative estimate of drug-likeness (QED) is 0.461. The van der Waals surface area contributed by atoms with E-state index in [1.165, 1.54) is 32.0 Å². The number of furan rings is 1. The third-order valence-corrected chi connectivity index (χ3v) is 4.56. The summed E-state index contributed by atoms with van der Waals surface area (Å²) >= 11 is 0. The van der Waals surface area contributed by atoms with Gasteiger partial charge in [0.05, 0.1) is 23.7 Å². The van der Waals surface area contributed by atoms with Crippen molar-refractivity contribution in [1.29, 1.82) is 5.26 Å². The van der Waals surface area contributed by atoms with Crippen LogP contribution in [-0.2, 0) is 4.74 Å². The number of nitriles is 1. The number of benzene rings is 1. The van der Waals surface area contributed by atoms with Gasteiger partial charge in [0.2, 0.25) is 5.88 Å². The molecular formula is C19H18N4O6. The van der Waals surface area contributed by atoms with Crippen LogP contribution in [0.3, 0.4) is 0 Å². The molecule has 0 radical (unpaired) electrons. The summed E-state index contributed by atoms with van der Waals surface area (Å²) in [4.78, 5) is 37.1. The fourth-order valence-electron chi connectivity index (χ4n) is 3.22. The molecule has 150 valence electrons. The van der Waals surface area contributed by atoms with Crippen LogP contribution in [0.25, 0.3) is 0 Å². The molecule has 1 aliphatic heterocycles. The maximum Gasteiger partial charge on any atom is 0.293 e. The molecule has 3 rings (SSSR count). The first-order chi connectivity index (χ1) is 13.8. The van der Waals surface area contributed by atoms with Crippen molar-refractivity contribution in [3.63, 3.8) is 0 Å². The van der Waals surface area contributed by atoms with Crippen LogP contribution in [0.15, 0.2) is 22.6 Å². The first kappa shape index (κ1) is 20.0. The molecule has 1 aromatic heterocycles. The average Bonchev–Trinajstić information content (AvgIpc) is 3.03. The molecule has 1 aromatic carbocycles. The number of morpholine rings is 1. The molecule has 0 unspecified atom stereocenters. The van der Waals surface area contributed by atoms with E-state index in [1.54, 1.807) is 0 Å². The van der Waals surface area contributed by atoms with Crippen molar-refractivity contribution in [2.45, 2.75) is 13.8 Å². The third kappa shape index (κ3) is 3.95. The van der Waals surface area contributed by atoms with Crippen molar-refractivity contribution in [2.75, 3.05) is 36.5 Å². The number of nitro groups is 1. The molecule has 1 amide bonds. The van der Waals surface area contributed by atoms with Crippen LogP contribution < -0.4 is 10.2 Å². The van der Waals surface area contributed by atoms with Crippen LogP contribution >= 0.6 is 0 Å². The van der Waals surface area contributed by atoms with E-state index in [0.717, 1.165) is 0 Å². The summed E-state index contributed by atoms with van der Waals surface area (Å²) in [7, 11) is 0. The summed E-state index contributed by atoms with van der Waals surface area (Å²) in [6.07, 6.45) is 0. The predicted octanol–water partition coefficient (Wildman–Crippen LogP) is 2.66. The molecule has 1 N–H and O–H groups in total. The van der Waals surface area contributed by atoms with Gasteiger partial charge in [-0.3, -0.25) is 25.0 Å². The summed E-state index contributed by atoms with van der Waals surface area (Å²) < 4.78 is 10.6. The van der Waals surface area contributed by atoms with E-state index in [2.05, 4.69) is 5.32 Å². The van der Waals surface area contributed by atoms with Gasteiger partial charge in [-0.2, -0.15) is 5.26 Å². The average molecular weight is 398 g/mol. The Bertz CT molecular complexity index is 1030. The van der Waals surface area contributed by atoms with Gasteiger partial charge in [-0.25, -0.2) is 0 Å². The summed E-state index contributed by atoms with van der Waals surface area (Å²) in [6.45, 7) is 4.75. The van der Waals surface area contributed by atoms with E-state index in [1.807, 2.05) is 11.0 Å². The first-order valence-corrected chi connectivity index (χ1v) is 8.80. The molecule has 1 saturated heterocycles. The Morgan fingerprint density at radius 1 is 1.31 bits per heavy atom. The number of hydrogen-bond donors (Lipinski definition) is 1. The monoisotopic (exact) mass is 398 g/mol. The molecule has 10 heteroatoms. The number of nitrogens with one attached hydrogen (secondary N) is 1. The molecule has 29 heavy (non-hydrogen) atoms. The van der Waals surface area contributed by atoms with Crippen molar-refractivity contribution < 1.29 is 23.7 Å².